The van der Waals surface area contributed by atoms with Crippen LogP contribution >= 0.6 is 0 Å². The number of hydrogen-bond donors (Lipinski definition) is 1. The van der Waals surface area contributed by atoms with Crippen LogP contribution in [0.15, 0.2) is 53.3 Å². The number of allylic oxidation sites excluding steroid dienone is 2. The third-order valence-corrected chi connectivity index (χ3v) is 6.18. The van der Waals surface area contributed by atoms with E-state index in [1.165, 1.54) is 0 Å². The Bertz CT molecular complexity index is 1350. The maximum atomic E-state index is 12.1. The molecule has 6 heteroatoms. The average Bonchev–Trinajstić information content (AvgIpc) is 2.79. The highest BCUT2D eigenvalue weighted by atomic mass is 16.5. The van der Waals surface area contributed by atoms with E-state index in [9.17, 15) is 14.4 Å². The number of aryl methyl sites for hydroxylation is 3. The zero-order valence-electron chi connectivity index (χ0n) is 21.1. The molecule has 0 spiro atoms. The van der Waals surface area contributed by atoms with Gasteiger partial charge in [0.2, 0.25) is 0 Å². The van der Waals surface area contributed by atoms with E-state index in [1.807, 2.05) is 64.1 Å². The van der Waals surface area contributed by atoms with Gasteiger partial charge in [0, 0.05) is 18.0 Å². The van der Waals surface area contributed by atoms with Crippen molar-refractivity contribution in [2.75, 3.05) is 13.2 Å². The molecule has 0 fully saturated rings. The van der Waals surface area contributed by atoms with Gasteiger partial charge in [-0.15, -0.1) is 0 Å². The first-order valence-electron chi connectivity index (χ1n) is 11.9. The molecule has 0 bridgehead atoms. The van der Waals surface area contributed by atoms with Crippen LogP contribution in [0.4, 0.5) is 0 Å². The van der Waals surface area contributed by atoms with Gasteiger partial charge in [-0.05, 0) is 74.6 Å². The Morgan fingerprint density at radius 2 is 1.69 bits per heavy atom. The molecule has 4 rings (SSSR count). The van der Waals surface area contributed by atoms with Gasteiger partial charge in [0.1, 0.15) is 0 Å². The maximum absolute atomic E-state index is 12.1. The summed E-state index contributed by atoms with van der Waals surface area (Å²) >= 11 is 0. The molecule has 0 aliphatic heterocycles. The molecule has 2 aromatic carbocycles. The SMILES string of the molecule is CCOC(=O)CC1C(=O)C=C(C)c2ccc(C)cc21.Cc1ccc2c(C)cc(=O)n(CCO)c2c1. The quantitative estimate of drug-likeness (QED) is 0.544. The minimum atomic E-state index is -0.405. The highest BCUT2D eigenvalue weighted by Crippen LogP contribution is 2.35. The fourth-order valence-corrected chi connectivity index (χ4v) is 4.46. The number of aromatic nitrogens is 1. The van der Waals surface area contributed by atoms with E-state index in [0.717, 1.165) is 44.3 Å². The molecule has 0 saturated carbocycles. The van der Waals surface area contributed by atoms with Crippen molar-refractivity contribution in [1.29, 1.82) is 0 Å². The van der Waals surface area contributed by atoms with Crippen LogP contribution < -0.4 is 5.56 Å². The second kappa shape index (κ2) is 11.3. The molecule has 1 N–H and O–H groups in total. The number of ether oxygens (including phenoxy) is 1. The molecule has 6 nitrogen and oxygen atoms in total. The van der Waals surface area contributed by atoms with Crippen molar-refractivity contribution < 1.29 is 19.4 Å². The minimum Gasteiger partial charge on any atom is -0.466 e. The van der Waals surface area contributed by atoms with Gasteiger partial charge in [-0.25, -0.2) is 0 Å². The average molecular weight is 476 g/mol. The van der Waals surface area contributed by atoms with Crippen molar-refractivity contribution >= 4 is 28.2 Å². The number of benzene rings is 2. The minimum absolute atomic E-state index is 0.0105. The molecule has 1 aromatic heterocycles. The van der Waals surface area contributed by atoms with Gasteiger partial charge in [0.15, 0.2) is 5.78 Å². The zero-order valence-corrected chi connectivity index (χ0v) is 21.1. The predicted molar refractivity (Wildman–Crippen MR) is 139 cm³/mol. The Hall–Kier alpha value is -3.51. The van der Waals surface area contributed by atoms with Gasteiger partial charge in [-0.2, -0.15) is 0 Å². The van der Waals surface area contributed by atoms with Gasteiger partial charge in [-0.1, -0.05) is 35.9 Å². The predicted octanol–water partition coefficient (Wildman–Crippen LogP) is 4.63. The number of carbonyl (C=O) groups excluding carboxylic acids is 2. The first kappa shape index (κ1) is 26.1. The Morgan fingerprint density at radius 3 is 2.37 bits per heavy atom. The molecule has 1 atom stereocenters. The Labute approximate surface area is 205 Å². The molecule has 184 valence electrons. The fraction of sp³-hybridized carbons (Fsp3) is 0.345. The van der Waals surface area contributed by atoms with E-state index in [-0.39, 0.29) is 30.3 Å². The highest BCUT2D eigenvalue weighted by Gasteiger charge is 2.29. The van der Waals surface area contributed by atoms with Gasteiger partial charge < -0.3 is 14.4 Å². The molecule has 1 aliphatic rings. The highest BCUT2D eigenvalue weighted by molar-refractivity contribution is 6.06. The number of aliphatic hydroxyl groups is 1. The normalized spacial score (nSPS) is 14.6. The number of fused-ring (bicyclic) bond motifs is 2. The Kier molecular flexibility index (Phi) is 8.41. The number of esters is 1. The molecule has 3 aromatic rings. The topological polar surface area (TPSA) is 85.6 Å². The van der Waals surface area contributed by atoms with Gasteiger partial charge >= 0.3 is 5.97 Å². The number of hydrogen-bond acceptors (Lipinski definition) is 5. The summed E-state index contributed by atoms with van der Waals surface area (Å²) in [4.78, 5) is 35.6. The Morgan fingerprint density at radius 1 is 1.00 bits per heavy atom. The van der Waals surface area contributed by atoms with Crippen molar-refractivity contribution in [2.24, 2.45) is 0 Å². The third kappa shape index (κ3) is 5.95. The number of pyridine rings is 1. The van der Waals surface area contributed by atoms with Gasteiger partial charge in [0.25, 0.3) is 5.56 Å². The zero-order chi connectivity index (χ0) is 25.7. The molecule has 1 heterocycles. The molecule has 0 saturated heterocycles. The number of aliphatic hydroxyl groups excluding tert-OH is 1. The number of rotatable bonds is 5. The van der Waals surface area contributed by atoms with Crippen molar-refractivity contribution in [2.45, 2.75) is 53.5 Å². The monoisotopic (exact) mass is 475 g/mol. The summed E-state index contributed by atoms with van der Waals surface area (Å²) in [7, 11) is 0. The number of ketones is 1. The summed E-state index contributed by atoms with van der Waals surface area (Å²) in [6.45, 7) is 10.3. The summed E-state index contributed by atoms with van der Waals surface area (Å²) in [6.07, 6.45) is 1.74. The molecule has 0 radical (unpaired) electrons. The van der Waals surface area contributed by atoms with Crippen LogP contribution in [-0.2, 0) is 20.9 Å². The lowest BCUT2D eigenvalue weighted by Gasteiger charge is -2.23. The molecule has 1 aliphatic carbocycles. The fourth-order valence-electron chi connectivity index (χ4n) is 4.46. The van der Waals surface area contributed by atoms with Crippen molar-refractivity contribution in [1.82, 2.24) is 4.57 Å². The van der Waals surface area contributed by atoms with Crippen LogP contribution in [0.1, 0.15) is 54.0 Å². The number of carbonyl (C=O) groups is 2. The van der Waals surface area contributed by atoms with E-state index in [0.29, 0.717) is 13.2 Å². The van der Waals surface area contributed by atoms with Crippen LogP contribution in [0, 0.1) is 20.8 Å². The van der Waals surface area contributed by atoms with Gasteiger partial charge in [0.05, 0.1) is 31.1 Å². The molecule has 35 heavy (non-hydrogen) atoms. The summed E-state index contributed by atoms with van der Waals surface area (Å²) in [6, 6.07) is 13.7. The third-order valence-electron chi connectivity index (χ3n) is 6.18. The van der Waals surface area contributed by atoms with Gasteiger partial charge in [-0.3, -0.25) is 14.4 Å². The molecule has 0 amide bonds. The molecular formula is C29H33NO5. The van der Waals surface area contributed by atoms with Crippen LogP contribution in [0.25, 0.3) is 16.5 Å². The summed E-state index contributed by atoms with van der Waals surface area (Å²) in [5, 5.41) is 10.1. The lowest BCUT2D eigenvalue weighted by molar-refractivity contribution is -0.144. The van der Waals surface area contributed by atoms with Crippen LogP contribution in [-0.4, -0.2) is 34.6 Å². The van der Waals surface area contributed by atoms with E-state index in [2.05, 4.69) is 0 Å². The van der Waals surface area contributed by atoms with Crippen molar-refractivity contribution in [3.63, 3.8) is 0 Å². The summed E-state index contributed by atoms with van der Waals surface area (Å²) < 4.78 is 6.57. The lowest BCUT2D eigenvalue weighted by atomic mass is 9.80. The Balaban J connectivity index is 0.000000198. The first-order chi connectivity index (χ1) is 16.7. The largest absolute Gasteiger partial charge is 0.466 e. The van der Waals surface area contributed by atoms with E-state index < -0.39 is 5.92 Å². The molecular weight excluding hydrogens is 442 g/mol. The van der Waals surface area contributed by atoms with Crippen LogP contribution in [0.3, 0.4) is 0 Å². The standard InChI is InChI=1S/C16H18O3.C13H15NO2/c1-4-19-16(18)9-14-13-7-10(2)5-6-12(13)11(3)8-15(14)17;1-9-3-4-11-10(2)8-13(16)14(5-6-15)12(11)7-9/h5-8,14H,4,9H2,1-3H3;3-4,7-8,15H,5-6H2,1-2H3. The number of nitrogens with zero attached hydrogens (tertiary/aromatic N) is 1. The maximum Gasteiger partial charge on any atom is 0.306 e. The van der Waals surface area contributed by atoms with E-state index in [4.69, 9.17) is 9.84 Å². The smallest absolute Gasteiger partial charge is 0.306 e. The van der Waals surface area contributed by atoms with Crippen LogP contribution in [0.2, 0.25) is 0 Å². The second-order valence-electron chi connectivity index (χ2n) is 8.94. The molecule has 1 unspecified atom stereocenters. The lowest BCUT2D eigenvalue weighted by Crippen LogP contribution is -2.21. The van der Waals surface area contributed by atoms with Crippen LogP contribution in [0.5, 0.6) is 0 Å². The van der Waals surface area contributed by atoms with Crippen molar-refractivity contribution in [3.8, 4) is 0 Å². The summed E-state index contributed by atoms with van der Waals surface area (Å²) in [5.41, 5.74) is 7.00. The second-order valence-corrected chi connectivity index (χ2v) is 8.94. The van der Waals surface area contributed by atoms with Crippen molar-refractivity contribution in [3.05, 3.63) is 86.7 Å². The van der Waals surface area contributed by atoms with E-state index >= 15 is 0 Å². The van der Waals surface area contributed by atoms with E-state index in [1.54, 1.807) is 23.6 Å². The summed E-state index contributed by atoms with van der Waals surface area (Å²) in [5.74, 6) is -0.734. The first-order valence-corrected chi connectivity index (χ1v) is 11.9.